The molecule has 0 bridgehead atoms. The number of nitrogens with zero attached hydrogens (tertiary/aromatic N) is 7. The summed E-state index contributed by atoms with van der Waals surface area (Å²) < 4.78 is 75.5. The minimum atomic E-state index is -1.14. The minimum absolute atomic E-state index is 0.00400. The molecule has 1 saturated carbocycles. The Balaban J connectivity index is 0.000000152. The van der Waals surface area contributed by atoms with E-state index in [1.807, 2.05) is 18.2 Å². The number of likely N-dealkylation sites (tertiary alicyclic amines) is 2. The number of halogens is 5. The van der Waals surface area contributed by atoms with Gasteiger partial charge in [-0.1, -0.05) is 40.0 Å². The maximum absolute atomic E-state index is 14.3. The average molecular weight is 1450 g/mol. The van der Waals surface area contributed by atoms with E-state index in [2.05, 4.69) is 84.3 Å². The molecule has 0 atom stereocenters. The number of ether oxygens (including phenoxy) is 6. The molecule has 3 aromatic heterocycles. The smallest absolute Gasteiger partial charge is 0.248 e. The number of amides is 3. The Morgan fingerprint density at radius 3 is 1.80 bits per heavy atom. The van der Waals surface area contributed by atoms with Crippen molar-refractivity contribution >= 4 is 118 Å². The molecule has 7 aromatic carbocycles. The maximum atomic E-state index is 14.3. The van der Waals surface area contributed by atoms with Gasteiger partial charge in [0.05, 0.1) is 68.0 Å². The van der Waals surface area contributed by atoms with Crippen LogP contribution < -0.4 is 55.0 Å². The summed E-state index contributed by atoms with van der Waals surface area (Å²) in [4.78, 5) is 64.5. The molecule has 100 heavy (non-hydrogen) atoms. The van der Waals surface area contributed by atoms with E-state index in [0.717, 1.165) is 56.3 Å². The highest BCUT2D eigenvalue weighted by Crippen LogP contribution is 2.48. The lowest BCUT2D eigenvalue weighted by atomic mass is 9.98. The standard InChI is InChI=1S/C28H24FN3O5.C24H25ClFN5O2.C22H24BrFN4O2/c1-35-24-15-21-22(16-25(24)36-2)30-14-11-23(21)37-20-9-7-19(8-10-20)32-27(34)28(12-13-28)26(33)31-18-5-3-17(29)4-6-18;1-33-22-14-20-17(24(28-15-27-20)29-16-7-8-19(26)18(25)12-16)13-21(22)30-23(32)6-5-11-31-9-3-2-4-10-31;1-28-7-5-14(6-8-28)12-30-21-11-19-16(10-20(21)29-2)22(26-13-25-19)27-18-4-3-15(23)9-17(18)24/h3-11,14-16H,12-13H2,1-2H3,(H,31,33)(H,32,34);5-8,12-15H,2-4,9-11H2,1H3,(H,30,32)(H,27,28,29);3-4,9-11,13-14H,5-8,12H2,1-2H3,(H,25,26,27)/b;6-5+;. The van der Waals surface area contributed by atoms with Crippen LogP contribution in [0.3, 0.4) is 0 Å². The van der Waals surface area contributed by atoms with Crippen molar-refractivity contribution in [2.45, 2.75) is 44.9 Å². The van der Waals surface area contributed by atoms with Gasteiger partial charge >= 0.3 is 0 Å². The van der Waals surface area contributed by atoms with E-state index in [9.17, 15) is 27.6 Å². The zero-order valence-corrected chi connectivity index (χ0v) is 57.8. The van der Waals surface area contributed by atoms with Crippen LogP contribution in [0.15, 0.2) is 163 Å². The van der Waals surface area contributed by atoms with Crippen molar-refractivity contribution in [3.8, 4) is 40.2 Å². The summed E-state index contributed by atoms with van der Waals surface area (Å²) in [5.41, 5.74) is 3.24. The fourth-order valence-corrected chi connectivity index (χ4v) is 11.9. The van der Waals surface area contributed by atoms with Crippen molar-refractivity contribution in [1.82, 2.24) is 34.7 Å². The van der Waals surface area contributed by atoms with Gasteiger partial charge in [0.2, 0.25) is 17.7 Å². The normalized spacial score (nSPS) is 14.4. The first-order valence-electron chi connectivity index (χ1n) is 32.3. The number of piperidine rings is 2. The molecule has 21 nitrogen and oxygen atoms in total. The molecule has 3 amide bonds. The van der Waals surface area contributed by atoms with Crippen molar-refractivity contribution in [3.63, 3.8) is 0 Å². The molecule has 3 aliphatic rings. The summed E-state index contributed by atoms with van der Waals surface area (Å²) in [6.07, 6.45) is 14.7. The molecule has 0 spiro atoms. The molecular weight excluding hydrogens is 1370 g/mol. The van der Waals surface area contributed by atoms with Crippen molar-refractivity contribution in [1.29, 1.82) is 0 Å². The Morgan fingerprint density at radius 1 is 0.580 bits per heavy atom. The minimum Gasteiger partial charge on any atom is -0.494 e. The molecule has 10 aromatic rings. The zero-order chi connectivity index (χ0) is 70.3. The number of aromatic nitrogens is 5. The molecule has 0 radical (unpaired) electrons. The second-order valence-electron chi connectivity index (χ2n) is 24.0. The van der Waals surface area contributed by atoms with Gasteiger partial charge in [-0.15, -0.1) is 0 Å². The Bertz CT molecular complexity index is 4600. The predicted molar refractivity (Wildman–Crippen MR) is 385 cm³/mol. The third kappa shape index (κ3) is 17.9. The van der Waals surface area contributed by atoms with Gasteiger partial charge < -0.3 is 59.9 Å². The van der Waals surface area contributed by atoms with Crippen LogP contribution in [0, 0.1) is 28.8 Å². The van der Waals surface area contributed by atoms with Gasteiger partial charge in [0.15, 0.2) is 23.0 Å². The van der Waals surface area contributed by atoms with Crippen LogP contribution in [0.4, 0.5) is 53.2 Å². The van der Waals surface area contributed by atoms with Gasteiger partial charge in [0.1, 0.15) is 64.4 Å². The van der Waals surface area contributed by atoms with Gasteiger partial charge in [0.25, 0.3) is 0 Å². The molecule has 518 valence electrons. The van der Waals surface area contributed by atoms with Gasteiger partial charge in [-0.25, -0.2) is 33.1 Å². The van der Waals surface area contributed by atoms with Gasteiger partial charge in [0, 0.05) is 74.7 Å². The van der Waals surface area contributed by atoms with Crippen LogP contribution in [0.2, 0.25) is 5.02 Å². The molecule has 3 fully saturated rings. The lowest BCUT2D eigenvalue weighted by Gasteiger charge is -2.28. The lowest BCUT2D eigenvalue weighted by Crippen LogP contribution is -2.35. The summed E-state index contributed by atoms with van der Waals surface area (Å²) in [6.45, 7) is 5.73. The van der Waals surface area contributed by atoms with Crippen molar-refractivity contribution in [2.24, 2.45) is 11.3 Å². The average Bonchev–Trinajstić information content (AvgIpc) is 1.54. The second kappa shape index (κ2) is 33.0. The second-order valence-corrected chi connectivity index (χ2v) is 25.3. The van der Waals surface area contributed by atoms with E-state index < -0.39 is 23.0 Å². The molecule has 5 heterocycles. The third-order valence-corrected chi connectivity index (χ3v) is 17.9. The first-order chi connectivity index (χ1) is 48.5. The number of carbonyl (C=O) groups excluding carboxylic acids is 3. The molecule has 13 rings (SSSR count). The van der Waals surface area contributed by atoms with Crippen LogP contribution >= 0.6 is 27.5 Å². The summed E-state index contributed by atoms with van der Waals surface area (Å²) in [7, 11) is 8.41. The number of methoxy groups -OCH3 is 4. The van der Waals surface area contributed by atoms with Crippen molar-refractivity contribution in [3.05, 3.63) is 185 Å². The number of nitrogens with one attached hydrogen (secondary N) is 5. The van der Waals surface area contributed by atoms with E-state index in [0.29, 0.717) is 132 Å². The lowest BCUT2D eigenvalue weighted by molar-refractivity contribution is -0.131. The van der Waals surface area contributed by atoms with Crippen molar-refractivity contribution in [2.75, 3.05) is 101 Å². The molecule has 1 aliphatic carbocycles. The summed E-state index contributed by atoms with van der Waals surface area (Å²) in [5.74, 6) is 3.20. The van der Waals surface area contributed by atoms with Gasteiger partial charge in [-0.05, 0) is 187 Å². The number of benzene rings is 7. The van der Waals surface area contributed by atoms with Crippen LogP contribution in [-0.4, -0.2) is 127 Å². The summed E-state index contributed by atoms with van der Waals surface area (Å²) in [5, 5.41) is 16.7. The number of pyridine rings is 1. The quantitative estimate of drug-likeness (QED) is 0.0332. The zero-order valence-electron chi connectivity index (χ0n) is 55.5. The SMILES string of the molecule is COc1cc2c(Nc3ccc(Br)cc3F)ncnc2cc1OCC1CCN(C)CC1.COc1cc2nccc(Oc3ccc(NC(=O)C4(C(=O)Nc5ccc(F)cc5)CC4)cc3)c2cc1OC.COc1cc2ncnc(Nc3ccc(F)c(Cl)c3)c2cc1NC(=O)/C=C/CN1CCCCC1. The molecule has 5 N–H and O–H groups in total. The molecular formula is C74H73BrClF3N12O9. The van der Waals surface area contributed by atoms with Gasteiger partial charge in [-0.2, -0.15) is 0 Å². The number of anilines is 7. The number of hydrogen-bond donors (Lipinski definition) is 5. The van der Waals surface area contributed by atoms with Gasteiger partial charge in [-0.3, -0.25) is 24.3 Å². The fourth-order valence-electron chi connectivity index (χ4n) is 11.4. The molecule has 2 aliphatic heterocycles. The number of fused-ring (bicyclic) bond motifs is 3. The highest BCUT2D eigenvalue weighted by Gasteiger charge is 2.56. The first kappa shape index (κ1) is 71.0. The van der Waals surface area contributed by atoms with Crippen LogP contribution in [0.1, 0.15) is 44.9 Å². The van der Waals surface area contributed by atoms with E-state index in [1.54, 1.807) is 106 Å². The number of hydrogen-bond acceptors (Lipinski definition) is 18. The highest BCUT2D eigenvalue weighted by atomic mass is 79.9. The number of carbonyl (C=O) groups is 3. The van der Waals surface area contributed by atoms with E-state index in [4.69, 9.17) is 40.0 Å². The summed E-state index contributed by atoms with van der Waals surface area (Å²) >= 11 is 9.16. The third-order valence-electron chi connectivity index (χ3n) is 17.2. The Hall–Kier alpha value is -10.3. The number of rotatable bonds is 21. The fraction of sp³-hybridized carbons (Fsp3) is 0.270. The predicted octanol–water partition coefficient (Wildman–Crippen LogP) is 15.7. The van der Waals surface area contributed by atoms with Crippen LogP contribution in [-0.2, 0) is 14.4 Å². The largest absolute Gasteiger partial charge is 0.494 e. The Labute approximate surface area is 588 Å². The monoisotopic (exact) mass is 1440 g/mol. The topological polar surface area (TPSA) is 238 Å². The Morgan fingerprint density at radius 2 is 1.16 bits per heavy atom. The molecule has 2 saturated heterocycles. The molecule has 26 heteroatoms. The van der Waals surface area contributed by atoms with E-state index in [1.165, 1.54) is 81.5 Å². The van der Waals surface area contributed by atoms with E-state index in [-0.39, 0.29) is 22.7 Å². The van der Waals surface area contributed by atoms with E-state index >= 15 is 0 Å². The van der Waals surface area contributed by atoms with Crippen LogP contribution in [0.25, 0.3) is 32.7 Å². The highest BCUT2D eigenvalue weighted by molar-refractivity contribution is 9.10. The molecule has 0 unspecified atom stereocenters. The maximum Gasteiger partial charge on any atom is 0.248 e. The Kier molecular flexibility index (Phi) is 23.4. The first-order valence-corrected chi connectivity index (χ1v) is 33.4. The van der Waals surface area contributed by atoms with Crippen LogP contribution in [0.5, 0.6) is 40.2 Å². The summed E-state index contributed by atoms with van der Waals surface area (Å²) in [6, 6.07) is 33.9. The van der Waals surface area contributed by atoms with Crippen molar-refractivity contribution < 1.29 is 56.0 Å².